The smallest absolute Gasteiger partial charge is 0.208 e. The van der Waals surface area contributed by atoms with Gasteiger partial charge >= 0.3 is 0 Å². The number of hydrogen-bond acceptors (Lipinski definition) is 3. The number of carbonyl (C=O) groups excluding carboxylic acids is 1. The Bertz CT molecular complexity index is 768. The van der Waals surface area contributed by atoms with Crippen molar-refractivity contribution in [2.45, 2.75) is 13.1 Å². The predicted molar refractivity (Wildman–Crippen MR) is 78.7 cm³/mol. The monoisotopic (exact) mass is 265 g/mol. The number of rotatable bonds is 3. The highest BCUT2D eigenvalue weighted by molar-refractivity contribution is 5.67. The third-order valence-electron chi connectivity index (χ3n) is 3.45. The number of nitrogens with one attached hydrogen (secondary N) is 2. The molecule has 4 heteroatoms. The zero-order valence-corrected chi connectivity index (χ0v) is 11.1. The molecule has 0 saturated heterocycles. The predicted octanol–water partition coefficient (Wildman–Crippen LogP) is 0.251. The molecule has 0 aliphatic carbocycles. The summed E-state index contributed by atoms with van der Waals surface area (Å²) in [6, 6.07) is 8.28. The largest absolute Gasteiger partial charge is 0.368 e. The first-order valence-corrected chi connectivity index (χ1v) is 6.47. The first kappa shape index (κ1) is 12.4. The van der Waals surface area contributed by atoms with E-state index in [2.05, 4.69) is 40.7 Å². The molecule has 3 rings (SSSR count). The Morgan fingerprint density at radius 1 is 1.30 bits per heavy atom. The summed E-state index contributed by atoms with van der Waals surface area (Å²) in [6.45, 7) is 2.08. The lowest BCUT2D eigenvalue weighted by molar-refractivity contribution is -0.109. The van der Waals surface area contributed by atoms with Gasteiger partial charge in [0.2, 0.25) is 6.41 Å². The maximum Gasteiger partial charge on any atom is 0.208 e. The van der Waals surface area contributed by atoms with Gasteiger partial charge in [-0.05, 0) is 46.7 Å². The van der Waals surface area contributed by atoms with Crippen LogP contribution in [0.3, 0.4) is 0 Å². The molecule has 0 spiro atoms. The van der Waals surface area contributed by atoms with Crippen LogP contribution in [0.1, 0.15) is 5.56 Å². The fourth-order valence-electron chi connectivity index (χ4n) is 2.36. The van der Waals surface area contributed by atoms with Gasteiger partial charge < -0.3 is 10.6 Å². The lowest BCUT2D eigenvalue weighted by Crippen LogP contribution is -2.45. The number of aromatic nitrogens is 1. The Labute approximate surface area is 116 Å². The Hall–Kier alpha value is -2.62. The lowest BCUT2D eigenvalue weighted by atomic mass is 10.0. The quantitative estimate of drug-likeness (QED) is 0.782. The van der Waals surface area contributed by atoms with E-state index in [0.29, 0.717) is 6.41 Å². The van der Waals surface area contributed by atoms with E-state index in [0.717, 1.165) is 21.6 Å². The van der Waals surface area contributed by atoms with Crippen molar-refractivity contribution >= 4 is 18.7 Å². The average Bonchev–Trinajstić information content (AvgIpc) is 2.48. The highest BCUT2D eigenvalue weighted by Crippen LogP contribution is 2.19. The van der Waals surface area contributed by atoms with Crippen LogP contribution in [-0.4, -0.2) is 17.6 Å². The summed E-state index contributed by atoms with van der Waals surface area (Å²) in [7, 11) is 0. The summed E-state index contributed by atoms with van der Waals surface area (Å²) in [5.74, 6) is 0. The fraction of sp³-hybridized carbons (Fsp3) is 0.125. The fourth-order valence-corrected chi connectivity index (χ4v) is 2.36. The van der Waals surface area contributed by atoms with Gasteiger partial charge in [0.1, 0.15) is 6.17 Å². The highest BCUT2D eigenvalue weighted by Gasteiger charge is 2.06. The molecule has 1 aromatic heterocycles. The van der Waals surface area contributed by atoms with E-state index in [-0.39, 0.29) is 6.17 Å². The van der Waals surface area contributed by atoms with Crippen LogP contribution in [0, 0.1) is 6.92 Å². The number of carbonyl (C=O) groups is 1. The first-order chi connectivity index (χ1) is 9.78. The summed E-state index contributed by atoms with van der Waals surface area (Å²) in [6.07, 6.45) is 8.14. The van der Waals surface area contributed by atoms with Crippen molar-refractivity contribution in [1.82, 2.24) is 15.6 Å². The average molecular weight is 265 g/mol. The van der Waals surface area contributed by atoms with Gasteiger partial charge in [0.05, 0.1) is 0 Å². The van der Waals surface area contributed by atoms with E-state index < -0.39 is 0 Å². The maximum atomic E-state index is 10.5. The Balaban J connectivity index is 2.06. The van der Waals surface area contributed by atoms with Crippen LogP contribution in [0.15, 0.2) is 36.7 Å². The summed E-state index contributed by atoms with van der Waals surface area (Å²) >= 11 is 0. The number of aryl methyl sites for hydroxylation is 1. The van der Waals surface area contributed by atoms with E-state index in [1.807, 2.05) is 24.5 Å². The van der Waals surface area contributed by atoms with Gasteiger partial charge in [0.25, 0.3) is 0 Å². The normalized spacial score (nSPS) is 16.1. The zero-order valence-electron chi connectivity index (χ0n) is 11.1. The standard InChI is InChI=1S/C16H15N3O/c1-11-4-5-17-9-15(11)13-3-2-12-7-16(19-10-20)18-8-14(12)6-13/h2-10,16,18H,1H3,(H,19,20). The molecule has 20 heavy (non-hydrogen) atoms. The topological polar surface area (TPSA) is 54.0 Å². The summed E-state index contributed by atoms with van der Waals surface area (Å²) in [4.78, 5) is 14.7. The molecular weight excluding hydrogens is 250 g/mol. The second kappa shape index (κ2) is 5.17. The Morgan fingerprint density at radius 2 is 2.20 bits per heavy atom. The van der Waals surface area contributed by atoms with Gasteiger partial charge in [-0.25, -0.2) is 0 Å². The molecule has 1 atom stereocenters. The minimum absolute atomic E-state index is 0.147. The molecule has 1 aromatic carbocycles. The van der Waals surface area contributed by atoms with Crippen molar-refractivity contribution in [2.75, 3.05) is 0 Å². The van der Waals surface area contributed by atoms with Crippen molar-refractivity contribution in [2.24, 2.45) is 0 Å². The van der Waals surface area contributed by atoms with Crippen LogP contribution in [0.4, 0.5) is 0 Å². The molecule has 2 N–H and O–H groups in total. The minimum atomic E-state index is -0.147. The number of pyridine rings is 1. The van der Waals surface area contributed by atoms with Gasteiger partial charge in [0, 0.05) is 24.2 Å². The minimum Gasteiger partial charge on any atom is -0.368 e. The van der Waals surface area contributed by atoms with Gasteiger partial charge in [-0.3, -0.25) is 9.78 Å². The first-order valence-electron chi connectivity index (χ1n) is 6.47. The number of hydrogen-bond donors (Lipinski definition) is 2. The van der Waals surface area contributed by atoms with Crippen LogP contribution < -0.4 is 21.1 Å². The molecule has 0 fully saturated rings. The summed E-state index contributed by atoms with van der Waals surface area (Å²) < 4.78 is 0. The van der Waals surface area contributed by atoms with Crippen LogP contribution in [0.5, 0.6) is 0 Å². The highest BCUT2D eigenvalue weighted by atomic mass is 16.1. The molecule has 1 amide bonds. The van der Waals surface area contributed by atoms with Crippen molar-refractivity contribution in [3.63, 3.8) is 0 Å². The second-order valence-electron chi connectivity index (χ2n) is 4.77. The van der Waals surface area contributed by atoms with Crippen molar-refractivity contribution < 1.29 is 4.79 Å². The number of amides is 1. The molecule has 0 saturated carbocycles. The molecule has 0 bridgehead atoms. The van der Waals surface area contributed by atoms with E-state index in [1.165, 1.54) is 5.56 Å². The molecule has 1 aliphatic rings. The van der Waals surface area contributed by atoms with Crippen molar-refractivity contribution in [3.05, 3.63) is 52.7 Å². The van der Waals surface area contributed by atoms with Crippen LogP contribution in [0.25, 0.3) is 23.4 Å². The van der Waals surface area contributed by atoms with Crippen LogP contribution >= 0.6 is 0 Å². The molecular formula is C16H15N3O. The van der Waals surface area contributed by atoms with Gasteiger partial charge in [0.15, 0.2) is 0 Å². The summed E-state index contributed by atoms with van der Waals surface area (Å²) in [5.41, 5.74) is 3.48. The van der Waals surface area contributed by atoms with E-state index in [1.54, 1.807) is 6.20 Å². The SMILES string of the molecule is Cc1ccncc1-c1ccc2c(c1)=CNC(NC=O)C=2. The molecule has 2 aromatic rings. The Morgan fingerprint density at radius 3 is 3.00 bits per heavy atom. The third-order valence-corrected chi connectivity index (χ3v) is 3.45. The molecule has 0 radical (unpaired) electrons. The lowest BCUT2D eigenvalue weighted by Gasteiger charge is -2.16. The van der Waals surface area contributed by atoms with Gasteiger partial charge in [-0.1, -0.05) is 12.1 Å². The van der Waals surface area contributed by atoms with Crippen molar-refractivity contribution in [3.8, 4) is 11.1 Å². The van der Waals surface area contributed by atoms with E-state index in [4.69, 9.17) is 0 Å². The molecule has 100 valence electrons. The number of fused-ring (bicyclic) bond motifs is 1. The zero-order chi connectivity index (χ0) is 13.9. The van der Waals surface area contributed by atoms with Crippen LogP contribution in [0.2, 0.25) is 0 Å². The second-order valence-corrected chi connectivity index (χ2v) is 4.77. The van der Waals surface area contributed by atoms with E-state index >= 15 is 0 Å². The van der Waals surface area contributed by atoms with E-state index in [9.17, 15) is 4.79 Å². The van der Waals surface area contributed by atoms with Crippen LogP contribution in [-0.2, 0) is 4.79 Å². The molecule has 1 unspecified atom stereocenters. The molecule has 2 heterocycles. The van der Waals surface area contributed by atoms with Gasteiger partial charge in [-0.2, -0.15) is 0 Å². The molecule has 1 aliphatic heterocycles. The number of benzene rings is 1. The molecule has 4 nitrogen and oxygen atoms in total. The van der Waals surface area contributed by atoms with Gasteiger partial charge in [-0.15, -0.1) is 0 Å². The van der Waals surface area contributed by atoms with Crippen molar-refractivity contribution in [1.29, 1.82) is 0 Å². The Kier molecular flexibility index (Phi) is 3.21. The summed E-state index contributed by atoms with van der Waals surface area (Å²) in [5, 5.41) is 8.03. The number of nitrogens with zero attached hydrogens (tertiary/aromatic N) is 1. The third kappa shape index (κ3) is 2.28. The maximum absolute atomic E-state index is 10.5.